The van der Waals surface area contributed by atoms with Gasteiger partial charge in [-0.2, -0.15) is 0 Å². The summed E-state index contributed by atoms with van der Waals surface area (Å²) in [5.41, 5.74) is 0. The highest BCUT2D eigenvalue weighted by Gasteiger charge is 2.14. The van der Waals surface area contributed by atoms with Crippen LogP contribution in [0.2, 0.25) is 0 Å². The third kappa shape index (κ3) is 3.02. The van der Waals surface area contributed by atoms with Crippen molar-refractivity contribution in [3.8, 4) is 0 Å². The molecular weight excluding hydrogens is 138 g/mol. The molecule has 1 N–H and O–H groups in total. The number of rotatable bonds is 4. The first-order valence-electron chi connectivity index (χ1n) is 4.58. The third-order valence-corrected chi connectivity index (χ3v) is 2.33. The second-order valence-corrected chi connectivity index (χ2v) is 3.22. The first kappa shape index (κ1) is 8.72. The molecule has 11 heavy (non-hydrogen) atoms. The molecule has 0 saturated carbocycles. The van der Waals surface area contributed by atoms with E-state index in [0.717, 1.165) is 19.4 Å². The van der Waals surface area contributed by atoms with Crippen molar-refractivity contribution in [1.29, 1.82) is 0 Å². The second-order valence-electron chi connectivity index (χ2n) is 3.22. The maximum atomic E-state index is 10.9. The molecular formula is C9H17NO. The monoisotopic (exact) mass is 155 g/mol. The molecule has 1 rings (SSSR count). The molecule has 0 aliphatic carbocycles. The molecule has 1 aliphatic rings. The van der Waals surface area contributed by atoms with Crippen LogP contribution in [0.5, 0.6) is 0 Å². The van der Waals surface area contributed by atoms with E-state index in [1.165, 1.54) is 12.8 Å². The number of carbonyl (C=O) groups is 1. The number of carbonyl (C=O) groups excluding carboxylic acids is 1. The smallest absolute Gasteiger partial charge is 0.132 e. The van der Waals surface area contributed by atoms with Crippen molar-refractivity contribution >= 4 is 5.78 Å². The lowest BCUT2D eigenvalue weighted by Crippen LogP contribution is -2.21. The Bertz CT molecular complexity index is 128. The fraction of sp³-hybridized carbons (Fsp3) is 0.889. The topological polar surface area (TPSA) is 29.1 Å². The van der Waals surface area contributed by atoms with Gasteiger partial charge in [0.25, 0.3) is 0 Å². The normalized spacial score (nSPS) is 23.9. The molecule has 0 aromatic carbocycles. The summed E-state index contributed by atoms with van der Waals surface area (Å²) in [5, 5.41) is 3.38. The van der Waals surface area contributed by atoms with E-state index in [1.54, 1.807) is 0 Å². The Kier molecular flexibility index (Phi) is 3.57. The van der Waals surface area contributed by atoms with Gasteiger partial charge < -0.3 is 5.32 Å². The first-order chi connectivity index (χ1) is 5.33. The summed E-state index contributed by atoms with van der Waals surface area (Å²) in [4.78, 5) is 10.9. The quantitative estimate of drug-likeness (QED) is 0.666. The van der Waals surface area contributed by atoms with Crippen LogP contribution in [0.4, 0.5) is 0 Å². The van der Waals surface area contributed by atoms with Gasteiger partial charge in [0, 0.05) is 18.9 Å². The van der Waals surface area contributed by atoms with Gasteiger partial charge in [-0.3, -0.25) is 4.79 Å². The zero-order valence-electron chi connectivity index (χ0n) is 7.23. The van der Waals surface area contributed by atoms with Crippen LogP contribution in [0.25, 0.3) is 0 Å². The van der Waals surface area contributed by atoms with E-state index in [4.69, 9.17) is 0 Å². The molecule has 2 nitrogen and oxygen atoms in total. The minimum Gasteiger partial charge on any atom is -0.314 e. The predicted molar refractivity (Wildman–Crippen MR) is 45.6 cm³/mol. The van der Waals surface area contributed by atoms with Gasteiger partial charge in [-0.05, 0) is 25.8 Å². The van der Waals surface area contributed by atoms with Crippen LogP contribution in [0.1, 0.15) is 39.0 Å². The highest BCUT2D eigenvalue weighted by molar-refractivity contribution is 5.77. The van der Waals surface area contributed by atoms with Crippen LogP contribution in [0, 0.1) is 0 Å². The summed E-state index contributed by atoms with van der Waals surface area (Å²) >= 11 is 0. The zero-order valence-corrected chi connectivity index (χ0v) is 7.23. The molecule has 1 saturated heterocycles. The van der Waals surface area contributed by atoms with E-state index < -0.39 is 0 Å². The summed E-state index contributed by atoms with van der Waals surface area (Å²) < 4.78 is 0. The van der Waals surface area contributed by atoms with E-state index >= 15 is 0 Å². The number of hydrogen-bond donors (Lipinski definition) is 1. The van der Waals surface area contributed by atoms with Gasteiger partial charge in [-0.25, -0.2) is 0 Å². The van der Waals surface area contributed by atoms with E-state index in [-0.39, 0.29) is 0 Å². The molecule has 1 heterocycles. The van der Waals surface area contributed by atoms with Crippen molar-refractivity contribution in [2.45, 2.75) is 45.1 Å². The Balaban J connectivity index is 2.06. The highest BCUT2D eigenvalue weighted by Crippen LogP contribution is 2.11. The number of Topliss-reactive ketones (excluding diaryl/α,β-unsaturated/α-hetero) is 1. The van der Waals surface area contributed by atoms with Crippen LogP contribution in [-0.4, -0.2) is 18.4 Å². The third-order valence-electron chi connectivity index (χ3n) is 2.33. The van der Waals surface area contributed by atoms with Crippen molar-refractivity contribution in [2.75, 3.05) is 6.54 Å². The van der Waals surface area contributed by atoms with Gasteiger partial charge in [0.15, 0.2) is 0 Å². The Morgan fingerprint density at radius 2 is 2.45 bits per heavy atom. The maximum Gasteiger partial charge on any atom is 0.132 e. The van der Waals surface area contributed by atoms with Crippen molar-refractivity contribution in [2.24, 2.45) is 0 Å². The lowest BCUT2D eigenvalue weighted by Gasteiger charge is -2.07. The fourth-order valence-corrected chi connectivity index (χ4v) is 1.52. The number of nitrogens with one attached hydrogen (secondary N) is 1. The zero-order chi connectivity index (χ0) is 8.10. The van der Waals surface area contributed by atoms with Crippen molar-refractivity contribution in [3.63, 3.8) is 0 Å². The molecule has 1 fully saturated rings. The van der Waals surface area contributed by atoms with Gasteiger partial charge in [0.1, 0.15) is 5.78 Å². The van der Waals surface area contributed by atoms with Crippen LogP contribution >= 0.6 is 0 Å². The molecule has 0 amide bonds. The average molecular weight is 155 g/mol. The van der Waals surface area contributed by atoms with Crippen LogP contribution in [-0.2, 0) is 4.79 Å². The summed E-state index contributed by atoms with van der Waals surface area (Å²) in [6.45, 7) is 3.08. The molecule has 64 valence electrons. The predicted octanol–water partition coefficient (Wildman–Crippen LogP) is 1.50. The van der Waals surface area contributed by atoms with Gasteiger partial charge in [-0.1, -0.05) is 6.92 Å². The maximum absolute atomic E-state index is 10.9. The van der Waals surface area contributed by atoms with Crippen LogP contribution in [0.3, 0.4) is 0 Å². The molecule has 0 aromatic rings. The Morgan fingerprint density at radius 3 is 3.00 bits per heavy atom. The van der Waals surface area contributed by atoms with E-state index in [9.17, 15) is 4.79 Å². The van der Waals surface area contributed by atoms with E-state index in [2.05, 4.69) is 5.32 Å². The molecule has 2 heteroatoms. The molecule has 1 atom stereocenters. The number of ketones is 1. The lowest BCUT2D eigenvalue weighted by atomic mass is 10.1. The van der Waals surface area contributed by atoms with Gasteiger partial charge >= 0.3 is 0 Å². The highest BCUT2D eigenvalue weighted by atomic mass is 16.1. The molecule has 1 unspecified atom stereocenters. The largest absolute Gasteiger partial charge is 0.314 e. The minimum absolute atomic E-state index is 0.402. The van der Waals surface area contributed by atoms with E-state index in [1.807, 2.05) is 6.92 Å². The Labute approximate surface area is 68.4 Å². The summed E-state index contributed by atoms with van der Waals surface area (Å²) in [6.07, 6.45) is 5.07. The van der Waals surface area contributed by atoms with Crippen molar-refractivity contribution in [1.82, 2.24) is 5.32 Å². The summed E-state index contributed by atoms with van der Waals surface area (Å²) in [7, 11) is 0. The standard InChI is InChI=1S/C9H17NO/c1-2-9(11)6-5-8-4-3-7-10-8/h8,10H,2-7H2,1H3. The van der Waals surface area contributed by atoms with Gasteiger partial charge in [-0.15, -0.1) is 0 Å². The van der Waals surface area contributed by atoms with Crippen molar-refractivity contribution < 1.29 is 4.79 Å². The first-order valence-corrected chi connectivity index (χ1v) is 4.58. The molecule has 0 aromatic heterocycles. The molecule has 0 radical (unpaired) electrons. The molecule has 0 bridgehead atoms. The molecule has 0 spiro atoms. The van der Waals surface area contributed by atoms with E-state index in [0.29, 0.717) is 18.2 Å². The Hall–Kier alpha value is -0.370. The summed E-state index contributed by atoms with van der Waals surface area (Å²) in [6, 6.07) is 0.630. The van der Waals surface area contributed by atoms with Crippen molar-refractivity contribution in [3.05, 3.63) is 0 Å². The van der Waals surface area contributed by atoms with Crippen LogP contribution < -0.4 is 5.32 Å². The SMILES string of the molecule is CCC(=O)CCC1CCCN1. The minimum atomic E-state index is 0.402. The fourth-order valence-electron chi connectivity index (χ4n) is 1.52. The van der Waals surface area contributed by atoms with Gasteiger partial charge in [0.05, 0.1) is 0 Å². The van der Waals surface area contributed by atoms with Gasteiger partial charge in [0.2, 0.25) is 0 Å². The number of hydrogen-bond acceptors (Lipinski definition) is 2. The Morgan fingerprint density at radius 1 is 1.64 bits per heavy atom. The molecule has 1 aliphatic heterocycles. The van der Waals surface area contributed by atoms with Crippen LogP contribution in [0.15, 0.2) is 0 Å². The lowest BCUT2D eigenvalue weighted by molar-refractivity contribution is -0.118. The summed E-state index contributed by atoms with van der Waals surface area (Å²) in [5.74, 6) is 0.402. The average Bonchev–Trinajstić information content (AvgIpc) is 2.52. The second kappa shape index (κ2) is 4.50.